The first-order chi connectivity index (χ1) is 11.6. The average Bonchev–Trinajstić information content (AvgIpc) is 2.96. The number of hydrogen-bond donors (Lipinski definition) is 0. The molecule has 138 valence electrons. The van der Waals surface area contributed by atoms with Gasteiger partial charge in [-0.05, 0) is 31.4 Å². The summed E-state index contributed by atoms with van der Waals surface area (Å²) >= 11 is 0. The summed E-state index contributed by atoms with van der Waals surface area (Å²) in [5.74, 6) is -1.14. The monoisotopic (exact) mass is 365 g/mol. The van der Waals surface area contributed by atoms with E-state index in [1.54, 1.807) is 0 Å². The summed E-state index contributed by atoms with van der Waals surface area (Å²) in [6.07, 6.45) is -3.42. The molecule has 25 heavy (non-hydrogen) atoms. The van der Waals surface area contributed by atoms with Crippen LogP contribution in [0.25, 0.3) is 0 Å². The van der Waals surface area contributed by atoms with E-state index < -0.39 is 41.0 Å². The number of allylic oxidation sites excluding steroid dienone is 1. The average molecular weight is 365 g/mol. The Balaban J connectivity index is 2.93. The summed E-state index contributed by atoms with van der Waals surface area (Å²) in [7, 11) is 0. The van der Waals surface area contributed by atoms with Crippen molar-refractivity contribution in [1.29, 1.82) is 0 Å². The van der Waals surface area contributed by atoms with E-state index in [4.69, 9.17) is 4.74 Å². The molecule has 7 nitrogen and oxygen atoms in total. The van der Waals surface area contributed by atoms with E-state index in [9.17, 15) is 32.5 Å². The molecule has 1 rings (SSSR count). The second-order valence-electron chi connectivity index (χ2n) is 5.08. The number of hydrogen-bond acceptors (Lipinski definition) is 5. The fourth-order valence-electron chi connectivity index (χ4n) is 1.72. The summed E-state index contributed by atoms with van der Waals surface area (Å²) in [6.45, 7) is 1.70. The molecule has 0 aliphatic heterocycles. The molecule has 0 unspecified atom stereocenters. The van der Waals surface area contributed by atoms with Crippen LogP contribution in [0.4, 0.5) is 23.2 Å². The number of nitrogens with zero attached hydrogens (tertiary/aromatic N) is 3. The van der Waals surface area contributed by atoms with Gasteiger partial charge in [-0.3, -0.25) is 14.8 Å². The van der Waals surface area contributed by atoms with Crippen molar-refractivity contribution >= 4 is 11.7 Å². The largest absolute Gasteiger partial charge is 0.460 e. The number of carbonyl (C=O) groups excluding carboxylic acids is 1. The molecule has 0 spiro atoms. The Morgan fingerprint density at radius 1 is 1.20 bits per heavy atom. The maximum atomic E-state index is 12.4. The van der Waals surface area contributed by atoms with Crippen LogP contribution in [0, 0.1) is 10.1 Å². The van der Waals surface area contributed by atoms with Crippen LogP contribution in [0.5, 0.6) is 0 Å². The Labute approximate surface area is 139 Å². The molecular formula is C14H15F4N3O4. The first kappa shape index (κ1) is 20.3. The highest BCUT2D eigenvalue weighted by Gasteiger charge is 2.28. The summed E-state index contributed by atoms with van der Waals surface area (Å²) in [6, 6.07) is 0. The Morgan fingerprint density at radius 3 is 2.28 bits per heavy atom. The number of halogens is 4. The predicted octanol–water partition coefficient (Wildman–Crippen LogP) is 4.07. The van der Waals surface area contributed by atoms with Crippen molar-refractivity contribution in [2.75, 3.05) is 6.61 Å². The van der Waals surface area contributed by atoms with Gasteiger partial charge < -0.3 is 4.74 Å². The second kappa shape index (κ2) is 8.94. The van der Waals surface area contributed by atoms with Crippen LogP contribution < -0.4 is 0 Å². The molecular weight excluding hydrogens is 350 g/mol. The van der Waals surface area contributed by atoms with Gasteiger partial charge in [-0.2, -0.15) is 22.7 Å². The molecule has 0 aliphatic rings. The second-order valence-corrected chi connectivity index (χ2v) is 5.08. The van der Waals surface area contributed by atoms with Crippen LogP contribution in [0.3, 0.4) is 0 Å². The molecule has 0 amide bonds. The Morgan fingerprint density at radius 2 is 1.76 bits per heavy atom. The minimum atomic E-state index is -1.90. The quantitative estimate of drug-likeness (QED) is 0.300. The molecule has 1 aromatic rings. The minimum absolute atomic E-state index is 0.184. The summed E-state index contributed by atoms with van der Waals surface area (Å²) in [5, 5.41) is 14.6. The molecule has 0 atom stereocenters. The van der Waals surface area contributed by atoms with Crippen molar-refractivity contribution in [3.63, 3.8) is 0 Å². The predicted molar refractivity (Wildman–Crippen MR) is 78.2 cm³/mol. The number of nitro groups is 1. The molecule has 0 aliphatic carbocycles. The highest BCUT2D eigenvalue weighted by molar-refractivity contribution is 5.91. The van der Waals surface area contributed by atoms with Crippen LogP contribution in [0.2, 0.25) is 0 Å². The van der Waals surface area contributed by atoms with E-state index >= 15 is 0 Å². The third-order valence-electron chi connectivity index (χ3n) is 3.26. The van der Waals surface area contributed by atoms with Gasteiger partial charge in [-0.1, -0.05) is 0 Å². The van der Waals surface area contributed by atoms with Gasteiger partial charge in [-0.15, -0.1) is 0 Å². The van der Waals surface area contributed by atoms with Crippen molar-refractivity contribution in [3.05, 3.63) is 45.3 Å². The van der Waals surface area contributed by atoms with Gasteiger partial charge in [0, 0.05) is 13.0 Å². The third kappa shape index (κ3) is 5.69. The zero-order valence-corrected chi connectivity index (χ0v) is 13.4. The zero-order chi connectivity index (χ0) is 19.1. The van der Waals surface area contributed by atoms with Gasteiger partial charge in [0.05, 0.1) is 11.5 Å². The number of aromatic nitrogens is 2. The SMILES string of the molecule is CC(CCOC(=O)c1c([N+](=O)[O-])cnn1CCC(C)=C(F)F)=C(F)F. The normalized spacial score (nSPS) is 10.3. The first-order valence-corrected chi connectivity index (χ1v) is 7.04. The smallest absolute Gasteiger partial charge is 0.363 e. The molecule has 0 saturated heterocycles. The molecule has 0 radical (unpaired) electrons. The van der Waals surface area contributed by atoms with Gasteiger partial charge >= 0.3 is 11.7 Å². The number of carbonyl (C=O) groups is 1. The molecule has 1 aromatic heterocycles. The van der Waals surface area contributed by atoms with Crippen LogP contribution in [0.15, 0.2) is 29.5 Å². The number of esters is 1. The fourth-order valence-corrected chi connectivity index (χ4v) is 1.72. The molecule has 1 heterocycles. The molecule has 0 aromatic carbocycles. The van der Waals surface area contributed by atoms with Gasteiger partial charge in [0.2, 0.25) is 5.69 Å². The van der Waals surface area contributed by atoms with Crippen LogP contribution >= 0.6 is 0 Å². The number of ether oxygens (including phenoxy) is 1. The van der Waals surface area contributed by atoms with E-state index in [-0.39, 0.29) is 30.5 Å². The third-order valence-corrected chi connectivity index (χ3v) is 3.26. The Kier molecular flexibility index (Phi) is 7.27. The van der Waals surface area contributed by atoms with Gasteiger partial charge in [0.25, 0.3) is 12.2 Å². The summed E-state index contributed by atoms with van der Waals surface area (Å²) in [5.41, 5.74) is -1.72. The highest BCUT2D eigenvalue weighted by atomic mass is 19.3. The van der Waals surface area contributed by atoms with Crippen molar-refractivity contribution in [3.8, 4) is 0 Å². The Hall–Kier alpha value is -2.72. The van der Waals surface area contributed by atoms with Crippen LogP contribution in [0.1, 0.15) is 37.2 Å². The summed E-state index contributed by atoms with van der Waals surface area (Å²) < 4.78 is 55.0. The first-order valence-electron chi connectivity index (χ1n) is 7.04. The van der Waals surface area contributed by atoms with E-state index in [0.29, 0.717) is 0 Å². The van der Waals surface area contributed by atoms with Crippen LogP contribution in [-0.2, 0) is 11.3 Å². The molecule has 0 fully saturated rings. The topological polar surface area (TPSA) is 87.3 Å². The lowest BCUT2D eigenvalue weighted by atomic mass is 10.2. The lowest BCUT2D eigenvalue weighted by Gasteiger charge is -2.08. The van der Waals surface area contributed by atoms with Crippen molar-refractivity contribution in [2.45, 2.75) is 33.2 Å². The fraction of sp³-hybridized carbons (Fsp3) is 0.429. The van der Waals surface area contributed by atoms with Gasteiger partial charge in [0.1, 0.15) is 6.20 Å². The maximum Gasteiger partial charge on any atom is 0.363 e. The number of rotatable bonds is 8. The molecule has 0 N–H and O–H groups in total. The highest BCUT2D eigenvalue weighted by Crippen LogP contribution is 2.21. The lowest BCUT2D eigenvalue weighted by Crippen LogP contribution is -2.16. The maximum absolute atomic E-state index is 12.4. The van der Waals surface area contributed by atoms with E-state index in [1.807, 2.05) is 0 Å². The Bertz CT molecular complexity index is 720. The minimum Gasteiger partial charge on any atom is -0.460 e. The van der Waals surface area contributed by atoms with E-state index in [1.165, 1.54) is 6.92 Å². The molecule has 11 heteroatoms. The van der Waals surface area contributed by atoms with Crippen molar-refractivity contribution < 1.29 is 32.0 Å². The van der Waals surface area contributed by atoms with E-state index in [2.05, 4.69) is 5.10 Å². The number of aryl methyl sites for hydroxylation is 1. The van der Waals surface area contributed by atoms with E-state index in [0.717, 1.165) is 17.8 Å². The van der Waals surface area contributed by atoms with Crippen molar-refractivity contribution in [2.24, 2.45) is 0 Å². The zero-order valence-electron chi connectivity index (χ0n) is 13.4. The summed E-state index contributed by atoms with van der Waals surface area (Å²) in [4.78, 5) is 22.1. The standard InChI is InChI=1S/C14H15F4N3O4/c1-8(12(15)16)3-5-20-11(10(7-19-20)21(23)24)14(22)25-6-4-9(2)13(17)18/h7H,3-6H2,1-2H3. The van der Waals surface area contributed by atoms with Gasteiger partial charge in [0.15, 0.2) is 0 Å². The molecule has 0 bridgehead atoms. The van der Waals surface area contributed by atoms with Gasteiger partial charge in [-0.25, -0.2) is 4.79 Å². The molecule has 0 saturated carbocycles. The van der Waals surface area contributed by atoms with Crippen molar-refractivity contribution in [1.82, 2.24) is 9.78 Å². The van der Waals surface area contributed by atoms with Crippen LogP contribution in [-0.4, -0.2) is 27.3 Å². The lowest BCUT2D eigenvalue weighted by molar-refractivity contribution is -0.385.